The molecular weight excluding hydrogens is 241 g/mol. The van der Waals surface area contributed by atoms with Crippen LogP contribution in [-0.2, 0) is 6.54 Å². The first-order chi connectivity index (χ1) is 8.15. The maximum Gasteiger partial charge on any atom is 0.271 e. The lowest BCUT2D eigenvalue weighted by Crippen LogP contribution is -2.23. The van der Waals surface area contributed by atoms with Gasteiger partial charge in [0, 0.05) is 11.9 Å². The van der Waals surface area contributed by atoms with Gasteiger partial charge in [0.1, 0.15) is 11.5 Å². The molecule has 4 nitrogen and oxygen atoms in total. The average molecular weight is 251 g/mol. The smallest absolute Gasteiger partial charge is 0.271 e. The number of amides is 1. The van der Waals surface area contributed by atoms with Gasteiger partial charge in [-0.3, -0.25) is 4.79 Å². The molecule has 0 fully saturated rings. The number of halogens is 1. The van der Waals surface area contributed by atoms with Crippen LogP contribution >= 0.6 is 11.3 Å². The second-order valence-electron chi connectivity index (χ2n) is 3.38. The Balaban J connectivity index is 1.97. The van der Waals surface area contributed by atoms with E-state index >= 15 is 0 Å². The van der Waals surface area contributed by atoms with E-state index in [1.165, 1.54) is 23.5 Å². The number of hydrogen-bond acceptors (Lipinski definition) is 4. The Morgan fingerprint density at radius 3 is 3.00 bits per heavy atom. The number of carbonyl (C=O) groups excluding carboxylic acids is 1. The molecule has 0 spiro atoms. The third kappa shape index (κ3) is 3.01. The number of thiazole rings is 1. The molecule has 0 saturated carbocycles. The highest BCUT2D eigenvalue weighted by Gasteiger charge is 2.08. The fourth-order valence-corrected chi connectivity index (χ4v) is 1.85. The van der Waals surface area contributed by atoms with Gasteiger partial charge in [-0.15, -0.1) is 11.3 Å². The van der Waals surface area contributed by atoms with Crippen LogP contribution in [0, 0.1) is 5.82 Å². The molecule has 6 heteroatoms. The minimum atomic E-state index is -0.324. The average Bonchev–Trinajstić information content (AvgIpc) is 2.73. The Morgan fingerprint density at radius 2 is 2.35 bits per heavy atom. The molecule has 0 unspecified atom stereocenters. The molecule has 0 bridgehead atoms. The van der Waals surface area contributed by atoms with Crippen molar-refractivity contribution in [3.63, 3.8) is 0 Å². The molecule has 0 atom stereocenters. The fourth-order valence-electron chi connectivity index (χ4n) is 1.31. The largest absolute Gasteiger partial charge is 0.375 e. The fraction of sp³-hybridized carbons (Fsp3) is 0.0909. The summed E-state index contributed by atoms with van der Waals surface area (Å²) < 4.78 is 12.9. The molecule has 3 N–H and O–H groups in total. The number of nitrogens with zero attached hydrogens (tertiary/aromatic N) is 1. The third-order valence-electron chi connectivity index (χ3n) is 2.10. The van der Waals surface area contributed by atoms with E-state index in [1.54, 1.807) is 17.5 Å². The van der Waals surface area contributed by atoms with Crippen molar-refractivity contribution in [1.82, 2.24) is 10.3 Å². The van der Waals surface area contributed by atoms with Crippen molar-refractivity contribution in [2.45, 2.75) is 6.54 Å². The zero-order valence-corrected chi connectivity index (χ0v) is 9.63. The number of nitrogens with two attached hydrogens (primary N) is 1. The minimum Gasteiger partial charge on any atom is -0.375 e. The first-order valence-corrected chi connectivity index (χ1v) is 5.77. The van der Waals surface area contributed by atoms with Crippen molar-refractivity contribution in [1.29, 1.82) is 0 Å². The highest BCUT2D eigenvalue weighted by Crippen LogP contribution is 2.11. The van der Waals surface area contributed by atoms with E-state index in [4.69, 9.17) is 5.73 Å². The molecule has 1 aromatic heterocycles. The molecule has 1 aromatic carbocycles. The van der Waals surface area contributed by atoms with Crippen LogP contribution in [0.4, 0.5) is 9.52 Å². The number of benzene rings is 1. The molecule has 1 heterocycles. The highest BCUT2D eigenvalue weighted by atomic mass is 32.1. The summed E-state index contributed by atoms with van der Waals surface area (Å²) in [4.78, 5) is 15.5. The Hall–Kier alpha value is -1.95. The van der Waals surface area contributed by atoms with E-state index in [2.05, 4.69) is 10.3 Å². The van der Waals surface area contributed by atoms with Gasteiger partial charge >= 0.3 is 0 Å². The van der Waals surface area contributed by atoms with Crippen LogP contribution in [0.1, 0.15) is 16.1 Å². The van der Waals surface area contributed by atoms with Crippen molar-refractivity contribution in [2.75, 3.05) is 5.73 Å². The molecule has 0 radical (unpaired) electrons. The van der Waals surface area contributed by atoms with Crippen molar-refractivity contribution in [3.05, 3.63) is 46.7 Å². The maximum atomic E-state index is 12.9. The lowest BCUT2D eigenvalue weighted by molar-refractivity contribution is 0.0946. The van der Waals surface area contributed by atoms with E-state index in [0.717, 1.165) is 0 Å². The Morgan fingerprint density at radius 1 is 1.53 bits per heavy atom. The van der Waals surface area contributed by atoms with Gasteiger partial charge < -0.3 is 11.1 Å². The predicted octanol–water partition coefficient (Wildman–Crippen LogP) is 1.79. The highest BCUT2D eigenvalue weighted by molar-refractivity contribution is 7.13. The predicted molar refractivity (Wildman–Crippen MR) is 64.1 cm³/mol. The first-order valence-electron chi connectivity index (χ1n) is 4.89. The second-order valence-corrected chi connectivity index (χ2v) is 4.27. The summed E-state index contributed by atoms with van der Waals surface area (Å²) in [6.07, 6.45) is 0. The first kappa shape index (κ1) is 11.5. The van der Waals surface area contributed by atoms with Crippen molar-refractivity contribution < 1.29 is 9.18 Å². The van der Waals surface area contributed by atoms with E-state index in [-0.39, 0.29) is 24.0 Å². The lowest BCUT2D eigenvalue weighted by atomic mass is 10.2. The molecule has 88 valence electrons. The molecule has 0 aliphatic carbocycles. The topological polar surface area (TPSA) is 68.0 Å². The summed E-state index contributed by atoms with van der Waals surface area (Å²) in [6, 6.07) is 6.05. The van der Waals surface area contributed by atoms with E-state index in [1.807, 2.05) is 0 Å². The number of carbonyl (C=O) groups is 1. The number of hydrogen-bond donors (Lipinski definition) is 2. The molecule has 0 aliphatic heterocycles. The summed E-state index contributed by atoms with van der Waals surface area (Å²) in [7, 11) is 0. The number of aromatic nitrogens is 1. The Bertz CT molecular complexity index is 541. The van der Waals surface area contributed by atoms with Crippen LogP contribution in [0.15, 0.2) is 29.6 Å². The SMILES string of the molecule is Nc1nc(C(=O)NCc2cccc(F)c2)cs1. The van der Waals surface area contributed by atoms with Gasteiger partial charge in [0.2, 0.25) is 0 Å². The number of rotatable bonds is 3. The summed E-state index contributed by atoms with van der Waals surface area (Å²) in [6.45, 7) is 0.258. The van der Waals surface area contributed by atoms with Gasteiger partial charge in [-0.1, -0.05) is 12.1 Å². The normalized spacial score (nSPS) is 10.2. The molecule has 0 aliphatic rings. The molecule has 2 rings (SSSR count). The van der Waals surface area contributed by atoms with Crippen LogP contribution in [0.3, 0.4) is 0 Å². The number of anilines is 1. The summed E-state index contributed by atoms with van der Waals surface area (Å²) in [5.74, 6) is -0.642. The van der Waals surface area contributed by atoms with Gasteiger partial charge in [0.15, 0.2) is 5.13 Å². The zero-order chi connectivity index (χ0) is 12.3. The van der Waals surface area contributed by atoms with Crippen LogP contribution in [0.5, 0.6) is 0 Å². The monoisotopic (exact) mass is 251 g/mol. The summed E-state index contributed by atoms with van der Waals surface area (Å²) in [5, 5.41) is 4.57. The van der Waals surface area contributed by atoms with Crippen molar-refractivity contribution in [3.8, 4) is 0 Å². The van der Waals surface area contributed by atoms with E-state index < -0.39 is 0 Å². The van der Waals surface area contributed by atoms with Gasteiger partial charge in [-0.05, 0) is 17.7 Å². The van der Waals surface area contributed by atoms with E-state index in [9.17, 15) is 9.18 Å². The van der Waals surface area contributed by atoms with Crippen molar-refractivity contribution >= 4 is 22.4 Å². The summed E-state index contributed by atoms with van der Waals surface area (Å²) in [5.41, 5.74) is 6.40. The van der Waals surface area contributed by atoms with Gasteiger partial charge in [0.25, 0.3) is 5.91 Å². The van der Waals surface area contributed by atoms with E-state index in [0.29, 0.717) is 10.7 Å². The number of nitrogen functional groups attached to an aromatic ring is 1. The molecule has 2 aromatic rings. The standard InChI is InChI=1S/C11H10FN3OS/c12-8-3-1-2-7(4-8)5-14-10(16)9-6-17-11(13)15-9/h1-4,6H,5H2,(H2,13,15)(H,14,16). The van der Waals surface area contributed by atoms with Gasteiger partial charge in [0.05, 0.1) is 0 Å². The molecule has 0 saturated heterocycles. The van der Waals surface area contributed by atoms with Crippen molar-refractivity contribution in [2.24, 2.45) is 0 Å². The molecule has 17 heavy (non-hydrogen) atoms. The Labute approximate surface area is 101 Å². The summed E-state index contributed by atoms with van der Waals surface area (Å²) >= 11 is 1.20. The Kier molecular flexibility index (Phi) is 3.34. The maximum absolute atomic E-state index is 12.9. The molecule has 1 amide bonds. The van der Waals surface area contributed by atoms with Crippen LogP contribution in [-0.4, -0.2) is 10.9 Å². The van der Waals surface area contributed by atoms with Crippen LogP contribution in [0.25, 0.3) is 0 Å². The zero-order valence-electron chi connectivity index (χ0n) is 8.81. The van der Waals surface area contributed by atoms with Gasteiger partial charge in [-0.2, -0.15) is 0 Å². The van der Waals surface area contributed by atoms with Crippen LogP contribution in [0.2, 0.25) is 0 Å². The van der Waals surface area contributed by atoms with Gasteiger partial charge in [-0.25, -0.2) is 9.37 Å². The second kappa shape index (κ2) is 4.92. The quantitative estimate of drug-likeness (QED) is 0.874. The van der Waals surface area contributed by atoms with Crippen LogP contribution < -0.4 is 11.1 Å². The third-order valence-corrected chi connectivity index (χ3v) is 2.77. The number of nitrogens with one attached hydrogen (secondary N) is 1. The minimum absolute atomic E-state index is 0.258. The lowest BCUT2D eigenvalue weighted by Gasteiger charge is -2.03. The molecular formula is C11H10FN3OS.